The third-order valence-corrected chi connectivity index (χ3v) is 4.11. The first-order chi connectivity index (χ1) is 9.04. The van der Waals surface area contributed by atoms with Gasteiger partial charge in [-0.25, -0.2) is 0 Å². The monoisotopic (exact) mass is 276 g/mol. The molecule has 3 nitrogen and oxygen atoms in total. The average Bonchev–Trinajstić information content (AvgIpc) is 2.65. The van der Waals surface area contributed by atoms with Crippen molar-refractivity contribution in [2.45, 2.75) is 31.3 Å². The highest BCUT2D eigenvalue weighted by Gasteiger charge is 2.10. The summed E-state index contributed by atoms with van der Waals surface area (Å²) < 4.78 is 1.84. The molecule has 0 saturated heterocycles. The summed E-state index contributed by atoms with van der Waals surface area (Å²) in [6.07, 6.45) is 0.302. The van der Waals surface area contributed by atoms with Gasteiger partial charge in [0.05, 0.1) is 11.8 Å². The molecule has 0 fully saturated rings. The molecule has 102 valence electrons. The maximum atomic E-state index is 10.1. The van der Waals surface area contributed by atoms with E-state index in [0.29, 0.717) is 12.2 Å². The molecule has 1 atom stereocenters. The molecule has 0 radical (unpaired) electrons. The van der Waals surface area contributed by atoms with Gasteiger partial charge >= 0.3 is 0 Å². The molecule has 19 heavy (non-hydrogen) atoms. The number of hydrogen-bond donors (Lipinski definition) is 1. The summed E-state index contributed by atoms with van der Waals surface area (Å²) in [4.78, 5) is 1.21. The van der Waals surface area contributed by atoms with Gasteiger partial charge in [0.2, 0.25) is 0 Å². The SMILES string of the molecule is Cc1cccc(SCC(O)Cc2cc(C)nn2C)c1. The van der Waals surface area contributed by atoms with Gasteiger partial charge in [0.15, 0.2) is 0 Å². The quantitative estimate of drug-likeness (QED) is 0.853. The van der Waals surface area contributed by atoms with Crippen LogP contribution in [0.15, 0.2) is 35.2 Å². The fraction of sp³-hybridized carbons (Fsp3) is 0.400. The highest BCUT2D eigenvalue weighted by atomic mass is 32.2. The normalized spacial score (nSPS) is 12.6. The van der Waals surface area contributed by atoms with E-state index in [2.05, 4.69) is 36.3 Å². The lowest BCUT2D eigenvalue weighted by molar-refractivity contribution is 0.197. The zero-order chi connectivity index (χ0) is 13.8. The van der Waals surface area contributed by atoms with Crippen molar-refractivity contribution >= 4 is 11.8 Å². The Kier molecular flexibility index (Phi) is 4.66. The standard InChI is InChI=1S/C15H20N2OS/c1-11-5-4-6-15(7-11)19-10-14(18)9-13-8-12(2)16-17(13)3/h4-8,14,18H,9-10H2,1-3H3. The number of hydrogen-bond acceptors (Lipinski definition) is 3. The van der Waals surface area contributed by atoms with Crippen LogP contribution >= 0.6 is 11.8 Å². The zero-order valence-electron chi connectivity index (χ0n) is 11.6. The van der Waals surface area contributed by atoms with Crippen LogP contribution in [-0.2, 0) is 13.5 Å². The summed E-state index contributed by atoms with van der Waals surface area (Å²) in [5.41, 5.74) is 3.33. The van der Waals surface area contributed by atoms with E-state index < -0.39 is 0 Å². The minimum Gasteiger partial charge on any atom is -0.392 e. The second-order valence-electron chi connectivity index (χ2n) is 4.89. The Hall–Kier alpha value is -1.26. The fourth-order valence-corrected chi connectivity index (χ4v) is 3.00. The molecule has 0 amide bonds. The summed E-state index contributed by atoms with van der Waals surface area (Å²) >= 11 is 1.69. The van der Waals surface area contributed by atoms with Gasteiger partial charge in [-0.15, -0.1) is 11.8 Å². The molecule has 1 aromatic carbocycles. The van der Waals surface area contributed by atoms with Gasteiger partial charge in [0, 0.05) is 29.8 Å². The number of aliphatic hydroxyl groups is 1. The van der Waals surface area contributed by atoms with E-state index in [4.69, 9.17) is 0 Å². The van der Waals surface area contributed by atoms with Crippen LogP contribution < -0.4 is 0 Å². The van der Waals surface area contributed by atoms with Crippen LogP contribution in [0.2, 0.25) is 0 Å². The first-order valence-corrected chi connectivity index (χ1v) is 7.40. The van der Waals surface area contributed by atoms with Crippen molar-refractivity contribution in [3.05, 3.63) is 47.3 Å². The fourth-order valence-electron chi connectivity index (χ4n) is 2.05. The smallest absolute Gasteiger partial charge is 0.0689 e. The van der Waals surface area contributed by atoms with E-state index in [1.807, 2.05) is 24.7 Å². The topological polar surface area (TPSA) is 38.1 Å². The van der Waals surface area contributed by atoms with Crippen molar-refractivity contribution in [1.29, 1.82) is 0 Å². The second-order valence-corrected chi connectivity index (χ2v) is 5.98. The number of nitrogens with zero attached hydrogens (tertiary/aromatic N) is 2. The molecule has 1 heterocycles. The largest absolute Gasteiger partial charge is 0.392 e. The van der Waals surface area contributed by atoms with Gasteiger partial charge in [-0.1, -0.05) is 17.7 Å². The lowest BCUT2D eigenvalue weighted by atomic mass is 10.2. The summed E-state index contributed by atoms with van der Waals surface area (Å²) in [7, 11) is 1.92. The highest BCUT2D eigenvalue weighted by molar-refractivity contribution is 7.99. The van der Waals surface area contributed by atoms with Crippen molar-refractivity contribution in [1.82, 2.24) is 9.78 Å². The Morgan fingerprint density at radius 2 is 2.11 bits per heavy atom. The van der Waals surface area contributed by atoms with E-state index >= 15 is 0 Å². The molecule has 0 spiro atoms. The van der Waals surface area contributed by atoms with Crippen LogP contribution in [0, 0.1) is 13.8 Å². The van der Waals surface area contributed by atoms with Crippen molar-refractivity contribution in [2.75, 3.05) is 5.75 Å². The van der Waals surface area contributed by atoms with Crippen molar-refractivity contribution < 1.29 is 5.11 Å². The zero-order valence-corrected chi connectivity index (χ0v) is 12.4. The molecule has 0 saturated carbocycles. The van der Waals surface area contributed by atoms with Crippen molar-refractivity contribution in [2.24, 2.45) is 7.05 Å². The summed E-state index contributed by atoms with van der Waals surface area (Å²) in [5.74, 6) is 0.702. The molecular formula is C15H20N2OS. The Balaban J connectivity index is 1.88. The van der Waals surface area contributed by atoms with Gasteiger partial charge in [-0.2, -0.15) is 5.10 Å². The molecule has 4 heteroatoms. The number of aryl methyl sites for hydroxylation is 3. The molecule has 0 aliphatic rings. The summed E-state index contributed by atoms with van der Waals surface area (Å²) in [6.45, 7) is 4.05. The van der Waals surface area contributed by atoms with E-state index in [9.17, 15) is 5.11 Å². The molecule has 1 N–H and O–H groups in total. The molecular weight excluding hydrogens is 256 g/mol. The van der Waals surface area contributed by atoms with E-state index in [0.717, 1.165) is 11.4 Å². The lowest BCUT2D eigenvalue weighted by Gasteiger charge is -2.10. The number of thioether (sulfide) groups is 1. The van der Waals surface area contributed by atoms with Crippen LogP contribution in [0.5, 0.6) is 0 Å². The van der Waals surface area contributed by atoms with E-state index in [1.165, 1.54) is 10.5 Å². The number of rotatable bonds is 5. The third-order valence-electron chi connectivity index (χ3n) is 2.98. The second kappa shape index (κ2) is 6.26. The minimum atomic E-state index is -0.347. The Morgan fingerprint density at radius 1 is 1.32 bits per heavy atom. The maximum absolute atomic E-state index is 10.1. The van der Waals surface area contributed by atoms with Gasteiger partial charge < -0.3 is 5.11 Å². The molecule has 1 aromatic heterocycles. The van der Waals surface area contributed by atoms with Crippen molar-refractivity contribution in [3.8, 4) is 0 Å². The molecule has 2 rings (SSSR count). The Labute approximate surface area is 118 Å². The van der Waals surface area contributed by atoms with Gasteiger partial charge in [0.1, 0.15) is 0 Å². The van der Waals surface area contributed by atoms with E-state index in [1.54, 1.807) is 11.8 Å². The number of aliphatic hydroxyl groups excluding tert-OH is 1. The highest BCUT2D eigenvalue weighted by Crippen LogP contribution is 2.20. The predicted molar refractivity (Wildman–Crippen MR) is 79.6 cm³/mol. The van der Waals surface area contributed by atoms with Gasteiger partial charge in [-0.05, 0) is 32.0 Å². The lowest BCUT2D eigenvalue weighted by Crippen LogP contribution is -2.15. The van der Waals surface area contributed by atoms with Gasteiger partial charge in [-0.3, -0.25) is 4.68 Å². The van der Waals surface area contributed by atoms with E-state index in [-0.39, 0.29) is 6.10 Å². The van der Waals surface area contributed by atoms with Crippen LogP contribution in [0.25, 0.3) is 0 Å². The number of aromatic nitrogens is 2. The van der Waals surface area contributed by atoms with Crippen LogP contribution in [0.3, 0.4) is 0 Å². The molecule has 1 unspecified atom stereocenters. The Bertz CT molecular complexity index is 551. The van der Waals surface area contributed by atoms with Crippen LogP contribution in [0.4, 0.5) is 0 Å². The molecule has 0 bridgehead atoms. The molecule has 0 aliphatic heterocycles. The minimum absolute atomic E-state index is 0.347. The predicted octanol–water partition coefficient (Wildman–Crippen LogP) is 2.73. The summed E-state index contributed by atoms with van der Waals surface area (Å²) in [6, 6.07) is 10.4. The van der Waals surface area contributed by atoms with Crippen LogP contribution in [-0.4, -0.2) is 26.7 Å². The van der Waals surface area contributed by atoms with Crippen LogP contribution in [0.1, 0.15) is 17.0 Å². The first-order valence-electron chi connectivity index (χ1n) is 6.41. The van der Waals surface area contributed by atoms with Crippen molar-refractivity contribution in [3.63, 3.8) is 0 Å². The maximum Gasteiger partial charge on any atom is 0.0689 e. The summed E-state index contributed by atoms with van der Waals surface area (Å²) in [5, 5.41) is 14.4. The Morgan fingerprint density at radius 3 is 2.74 bits per heavy atom. The molecule has 0 aliphatic carbocycles. The average molecular weight is 276 g/mol. The first kappa shape index (κ1) is 14.2. The van der Waals surface area contributed by atoms with Gasteiger partial charge in [0.25, 0.3) is 0 Å². The number of benzene rings is 1. The molecule has 2 aromatic rings. The third kappa shape index (κ3) is 4.11.